The van der Waals surface area contributed by atoms with Crippen LogP contribution in [0.5, 0.6) is 11.5 Å². The Kier molecular flexibility index (Phi) is 4.94. The molecule has 0 bridgehead atoms. The van der Waals surface area contributed by atoms with Crippen molar-refractivity contribution in [2.45, 2.75) is 6.54 Å². The van der Waals surface area contributed by atoms with Crippen LogP contribution in [0, 0.1) is 0 Å². The molecule has 0 atom stereocenters. The first kappa shape index (κ1) is 16.5. The molecule has 1 N–H and O–H groups in total. The highest BCUT2D eigenvalue weighted by atomic mass is 16.5. The summed E-state index contributed by atoms with van der Waals surface area (Å²) in [7, 11) is 3.09. The Bertz CT molecular complexity index is 840. The Morgan fingerprint density at radius 2 is 1.88 bits per heavy atom. The van der Waals surface area contributed by atoms with Gasteiger partial charge in [0.25, 0.3) is 5.91 Å². The minimum absolute atomic E-state index is 0.229. The molecule has 0 aliphatic heterocycles. The van der Waals surface area contributed by atoms with Gasteiger partial charge in [-0.05, 0) is 24.3 Å². The van der Waals surface area contributed by atoms with E-state index in [0.29, 0.717) is 29.4 Å². The molecule has 7 heteroatoms. The van der Waals surface area contributed by atoms with Crippen molar-refractivity contribution in [2.24, 2.45) is 0 Å². The SMILES string of the molecule is COc1cc(OC)cc(C(=O)NCc2cccnc2-n2cccn2)c1. The first-order valence-corrected chi connectivity index (χ1v) is 7.66. The molecule has 3 rings (SSSR count). The van der Waals surface area contributed by atoms with E-state index in [1.807, 2.05) is 18.2 Å². The van der Waals surface area contributed by atoms with Crippen molar-refractivity contribution in [1.29, 1.82) is 0 Å². The molecule has 0 spiro atoms. The smallest absolute Gasteiger partial charge is 0.251 e. The summed E-state index contributed by atoms with van der Waals surface area (Å²) in [6, 6.07) is 10.6. The summed E-state index contributed by atoms with van der Waals surface area (Å²) < 4.78 is 12.1. The Morgan fingerprint density at radius 1 is 1.12 bits per heavy atom. The topological polar surface area (TPSA) is 78.3 Å². The van der Waals surface area contributed by atoms with E-state index >= 15 is 0 Å². The van der Waals surface area contributed by atoms with Gasteiger partial charge in [-0.1, -0.05) is 6.07 Å². The summed E-state index contributed by atoms with van der Waals surface area (Å²) in [5.41, 5.74) is 1.31. The highest BCUT2D eigenvalue weighted by molar-refractivity contribution is 5.95. The average Bonchev–Trinajstić information content (AvgIpc) is 3.20. The molecule has 2 aromatic heterocycles. The van der Waals surface area contributed by atoms with Crippen molar-refractivity contribution in [2.75, 3.05) is 14.2 Å². The van der Waals surface area contributed by atoms with Crippen LogP contribution in [-0.4, -0.2) is 34.9 Å². The first-order valence-electron chi connectivity index (χ1n) is 7.66. The number of hydrogen-bond acceptors (Lipinski definition) is 5. The third-order valence-electron chi connectivity index (χ3n) is 3.64. The number of methoxy groups -OCH3 is 2. The van der Waals surface area contributed by atoms with Crippen LogP contribution in [0.25, 0.3) is 5.82 Å². The van der Waals surface area contributed by atoms with Crippen molar-refractivity contribution in [3.8, 4) is 17.3 Å². The lowest BCUT2D eigenvalue weighted by Crippen LogP contribution is -2.24. The fourth-order valence-electron chi connectivity index (χ4n) is 2.38. The fraction of sp³-hybridized carbons (Fsp3) is 0.167. The van der Waals surface area contributed by atoms with Crippen molar-refractivity contribution in [1.82, 2.24) is 20.1 Å². The van der Waals surface area contributed by atoms with Crippen molar-refractivity contribution in [3.63, 3.8) is 0 Å². The summed E-state index contributed by atoms with van der Waals surface area (Å²) >= 11 is 0. The average molecular weight is 338 g/mol. The number of ether oxygens (including phenoxy) is 2. The second kappa shape index (κ2) is 7.48. The molecule has 0 aliphatic rings. The van der Waals surface area contributed by atoms with Gasteiger partial charge in [-0.15, -0.1) is 0 Å². The minimum Gasteiger partial charge on any atom is -0.497 e. The van der Waals surface area contributed by atoms with E-state index in [0.717, 1.165) is 5.56 Å². The zero-order valence-corrected chi connectivity index (χ0v) is 14.0. The van der Waals surface area contributed by atoms with Crippen LogP contribution in [0.4, 0.5) is 0 Å². The molecule has 1 amide bonds. The predicted octanol–water partition coefficient (Wildman–Crippen LogP) is 2.21. The summed E-state index contributed by atoms with van der Waals surface area (Å²) in [5.74, 6) is 1.56. The maximum absolute atomic E-state index is 12.5. The summed E-state index contributed by atoms with van der Waals surface area (Å²) in [5, 5.41) is 7.08. The number of hydrogen-bond donors (Lipinski definition) is 1. The number of carbonyl (C=O) groups excluding carboxylic acids is 1. The van der Waals surface area contributed by atoms with E-state index < -0.39 is 0 Å². The number of carbonyl (C=O) groups is 1. The first-order chi connectivity index (χ1) is 12.2. The lowest BCUT2D eigenvalue weighted by atomic mass is 10.1. The Hall–Kier alpha value is -3.35. The van der Waals surface area contributed by atoms with Gasteiger partial charge in [0.05, 0.1) is 14.2 Å². The molecular formula is C18H18N4O3. The molecule has 2 heterocycles. The van der Waals surface area contributed by atoms with Gasteiger partial charge in [-0.3, -0.25) is 4.79 Å². The zero-order chi connectivity index (χ0) is 17.6. The van der Waals surface area contributed by atoms with Gasteiger partial charge < -0.3 is 14.8 Å². The monoisotopic (exact) mass is 338 g/mol. The van der Waals surface area contributed by atoms with Crippen molar-refractivity contribution in [3.05, 3.63) is 66.1 Å². The van der Waals surface area contributed by atoms with Gasteiger partial charge in [-0.25, -0.2) is 9.67 Å². The molecular weight excluding hydrogens is 320 g/mol. The van der Waals surface area contributed by atoms with Crippen LogP contribution < -0.4 is 14.8 Å². The lowest BCUT2D eigenvalue weighted by Gasteiger charge is -2.11. The molecule has 0 fully saturated rings. The normalized spacial score (nSPS) is 10.3. The molecule has 0 radical (unpaired) electrons. The second-order valence-corrected chi connectivity index (χ2v) is 5.22. The fourth-order valence-corrected chi connectivity index (χ4v) is 2.38. The van der Waals surface area contributed by atoms with Crippen LogP contribution >= 0.6 is 0 Å². The van der Waals surface area contributed by atoms with E-state index in [9.17, 15) is 4.79 Å². The molecule has 0 unspecified atom stereocenters. The van der Waals surface area contributed by atoms with Crippen LogP contribution in [0.15, 0.2) is 55.0 Å². The molecule has 3 aromatic rings. The number of nitrogens with one attached hydrogen (secondary N) is 1. The number of nitrogens with zero attached hydrogens (tertiary/aromatic N) is 3. The van der Waals surface area contributed by atoms with Gasteiger partial charge in [0.2, 0.25) is 0 Å². The third-order valence-corrected chi connectivity index (χ3v) is 3.64. The molecule has 0 saturated carbocycles. The highest BCUT2D eigenvalue weighted by Crippen LogP contribution is 2.22. The van der Waals surface area contributed by atoms with E-state index in [-0.39, 0.29) is 5.91 Å². The van der Waals surface area contributed by atoms with Crippen molar-refractivity contribution < 1.29 is 14.3 Å². The van der Waals surface area contributed by atoms with Crippen LogP contribution in [0.1, 0.15) is 15.9 Å². The standard InChI is InChI=1S/C18H18N4O3/c1-24-15-9-14(10-16(11-15)25-2)18(23)20-12-13-5-3-6-19-17(13)22-8-4-7-21-22/h3-11H,12H2,1-2H3,(H,20,23). The number of pyridine rings is 1. The van der Waals surface area contributed by atoms with Crippen LogP contribution in [0.3, 0.4) is 0 Å². The van der Waals surface area contributed by atoms with Crippen LogP contribution in [-0.2, 0) is 6.54 Å². The number of benzene rings is 1. The molecule has 25 heavy (non-hydrogen) atoms. The number of amides is 1. The molecule has 7 nitrogen and oxygen atoms in total. The molecule has 0 saturated heterocycles. The number of rotatable bonds is 6. The molecule has 128 valence electrons. The van der Waals surface area contributed by atoms with E-state index in [1.165, 1.54) is 0 Å². The van der Waals surface area contributed by atoms with E-state index in [2.05, 4.69) is 15.4 Å². The summed E-state index contributed by atoms with van der Waals surface area (Å²) in [4.78, 5) is 16.8. The minimum atomic E-state index is -0.229. The molecule has 1 aromatic carbocycles. The maximum atomic E-state index is 12.5. The van der Waals surface area contributed by atoms with Gasteiger partial charge in [-0.2, -0.15) is 5.10 Å². The Morgan fingerprint density at radius 3 is 2.52 bits per heavy atom. The number of aromatic nitrogens is 3. The highest BCUT2D eigenvalue weighted by Gasteiger charge is 2.12. The van der Waals surface area contributed by atoms with E-state index in [1.54, 1.807) is 55.7 Å². The van der Waals surface area contributed by atoms with Gasteiger partial charge in [0, 0.05) is 42.3 Å². The quantitative estimate of drug-likeness (QED) is 0.745. The predicted molar refractivity (Wildman–Crippen MR) is 92.1 cm³/mol. The summed E-state index contributed by atoms with van der Waals surface area (Å²) in [6.07, 6.45) is 5.18. The van der Waals surface area contributed by atoms with E-state index in [4.69, 9.17) is 9.47 Å². The molecule has 0 aliphatic carbocycles. The Balaban J connectivity index is 1.78. The largest absolute Gasteiger partial charge is 0.497 e. The zero-order valence-electron chi connectivity index (χ0n) is 14.0. The van der Waals surface area contributed by atoms with Gasteiger partial charge in [0.15, 0.2) is 5.82 Å². The maximum Gasteiger partial charge on any atom is 0.251 e. The van der Waals surface area contributed by atoms with Crippen molar-refractivity contribution >= 4 is 5.91 Å². The van der Waals surface area contributed by atoms with Gasteiger partial charge in [0.1, 0.15) is 11.5 Å². The van der Waals surface area contributed by atoms with Gasteiger partial charge >= 0.3 is 0 Å². The van der Waals surface area contributed by atoms with Crippen LogP contribution in [0.2, 0.25) is 0 Å². The summed E-state index contributed by atoms with van der Waals surface area (Å²) in [6.45, 7) is 0.321. The second-order valence-electron chi connectivity index (χ2n) is 5.22. The third kappa shape index (κ3) is 3.77. The lowest BCUT2D eigenvalue weighted by molar-refractivity contribution is 0.0950. The Labute approximate surface area is 145 Å².